The summed E-state index contributed by atoms with van der Waals surface area (Å²) in [5.41, 5.74) is 0.939. The molecule has 5 nitrogen and oxygen atoms in total. The zero-order chi connectivity index (χ0) is 20.3. The van der Waals surface area contributed by atoms with Crippen molar-refractivity contribution in [3.8, 4) is 0 Å². The van der Waals surface area contributed by atoms with Crippen LogP contribution in [0.5, 0.6) is 0 Å². The zero-order valence-electron chi connectivity index (χ0n) is 14.9. The molecule has 1 aliphatic heterocycles. The van der Waals surface area contributed by atoms with E-state index in [2.05, 4.69) is 5.32 Å². The minimum Gasteiger partial charge on any atom is -0.353 e. The number of sulfonamides is 1. The Morgan fingerprint density at radius 1 is 1.00 bits per heavy atom. The minimum absolute atomic E-state index is 0.0349. The lowest BCUT2D eigenvalue weighted by Gasteiger charge is -2.32. The van der Waals surface area contributed by atoms with E-state index in [-0.39, 0.29) is 45.0 Å². The highest BCUT2D eigenvalue weighted by Crippen LogP contribution is 2.33. The molecule has 0 aliphatic carbocycles. The Morgan fingerprint density at radius 2 is 1.61 bits per heavy atom. The first-order valence-corrected chi connectivity index (χ1v) is 11.3. The number of nitrogens with zero attached hydrogens (tertiary/aromatic N) is 1. The van der Waals surface area contributed by atoms with E-state index in [0.29, 0.717) is 19.3 Å². The number of rotatable bonds is 5. The van der Waals surface area contributed by atoms with E-state index in [1.807, 2.05) is 30.3 Å². The van der Waals surface area contributed by atoms with E-state index in [0.717, 1.165) is 5.56 Å². The normalized spacial score (nSPS) is 16.1. The Bertz CT molecular complexity index is 960. The van der Waals surface area contributed by atoms with Gasteiger partial charge >= 0.3 is 0 Å². The highest BCUT2D eigenvalue weighted by atomic mass is 35.5. The fraction of sp³-hybridized carbons (Fsp3) is 0.316. The summed E-state index contributed by atoms with van der Waals surface area (Å²) < 4.78 is 27.1. The lowest BCUT2D eigenvalue weighted by atomic mass is 10.1. The van der Waals surface area contributed by atoms with Gasteiger partial charge in [0.05, 0.1) is 21.5 Å². The monoisotopic (exact) mass is 460 g/mol. The van der Waals surface area contributed by atoms with Gasteiger partial charge in [0.1, 0.15) is 4.90 Å². The molecule has 0 radical (unpaired) electrons. The molecule has 28 heavy (non-hydrogen) atoms. The van der Waals surface area contributed by atoms with Crippen molar-refractivity contribution in [3.05, 3.63) is 63.1 Å². The van der Waals surface area contributed by atoms with Gasteiger partial charge in [-0.15, -0.1) is 0 Å². The standard InChI is InChI=1S/C19H19Cl3N2O3S/c20-15-11-17(22)18(12-16(15)21)28(26,27)24-8-6-14(7-9-24)23-19(25)10-13-4-2-1-3-5-13/h1-5,11-12,14H,6-10H2,(H,23,25). The van der Waals surface area contributed by atoms with Crippen molar-refractivity contribution in [2.75, 3.05) is 13.1 Å². The average molecular weight is 462 g/mol. The maximum atomic E-state index is 12.9. The van der Waals surface area contributed by atoms with Gasteiger partial charge in [0.2, 0.25) is 15.9 Å². The highest BCUT2D eigenvalue weighted by Gasteiger charge is 2.31. The molecule has 1 heterocycles. The number of amides is 1. The Balaban J connectivity index is 1.60. The fourth-order valence-corrected chi connectivity index (χ4v) is 5.59. The molecule has 1 saturated heterocycles. The molecule has 2 aromatic carbocycles. The second kappa shape index (κ2) is 9.01. The van der Waals surface area contributed by atoms with Crippen molar-refractivity contribution in [2.24, 2.45) is 0 Å². The number of nitrogens with one attached hydrogen (secondary N) is 1. The molecule has 0 saturated carbocycles. The largest absolute Gasteiger partial charge is 0.353 e. The van der Waals surface area contributed by atoms with Crippen molar-refractivity contribution < 1.29 is 13.2 Å². The van der Waals surface area contributed by atoms with E-state index < -0.39 is 10.0 Å². The summed E-state index contributed by atoms with van der Waals surface area (Å²) in [6.07, 6.45) is 1.36. The molecule has 1 fully saturated rings. The first kappa shape index (κ1) is 21.4. The van der Waals surface area contributed by atoms with E-state index >= 15 is 0 Å². The quantitative estimate of drug-likeness (QED) is 0.680. The maximum absolute atomic E-state index is 12.9. The number of halogens is 3. The maximum Gasteiger partial charge on any atom is 0.244 e. The number of carbonyl (C=O) groups is 1. The highest BCUT2D eigenvalue weighted by molar-refractivity contribution is 7.89. The summed E-state index contributed by atoms with van der Waals surface area (Å²) in [6, 6.07) is 12.0. The van der Waals surface area contributed by atoms with Gasteiger partial charge in [-0.3, -0.25) is 4.79 Å². The molecule has 0 unspecified atom stereocenters. The molecule has 1 amide bonds. The van der Waals surface area contributed by atoms with Crippen molar-refractivity contribution in [3.63, 3.8) is 0 Å². The van der Waals surface area contributed by atoms with Gasteiger partial charge in [-0.2, -0.15) is 4.31 Å². The van der Waals surface area contributed by atoms with Crippen molar-refractivity contribution in [1.82, 2.24) is 9.62 Å². The van der Waals surface area contributed by atoms with E-state index in [4.69, 9.17) is 34.8 Å². The lowest BCUT2D eigenvalue weighted by molar-refractivity contribution is -0.121. The van der Waals surface area contributed by atoms with Gasteiger partial charge in [-0.25, -0.2) is 8.42 Å². The first-order valence-electron chi connectivity index (χ1n) is 8.75. The molecule has 9 heteroatoms. The molecule has 2 aromatic rings. The molecule has 0 atom stereocenters. The predicted molar refractivity (Wildman–Crippen MR) is 112 cm³/mol. The molecule has 1 aliphatic rings. The smallest absolute Gasteiger partial charge is 0.244 e. The van der Waals surface area contributed by atoms with Crippen molar-refractivity contribution in [1.29, 1.82) is 0 Å². The number of piperidine rings is 1. The van der Waals surface area contributed by atoms with E-state index in [9.17, 15) is 13.2 Å². The fourth-order valence-electron chi connectivity index (χ4n) is 3.14. The third kappa shape index (κ3) is 4.99. The van der Waals surface area contributed by atoms with Crippen molar-refractivity contribution in [2.45, 2.75) is 30.2 Å². The van der Waals surface area contributed by atoms with Crippen LogP contribution in [0.15, 0.2) is 47.4 Å². The van der Waals surface area contributed by atoms with Crippen LogP contribution in [0.2, 0.25) is 15.1 Å². The molecular weight excluding hydrogens is 443 g/mol. The Labute approximate surface area is 179 Å². The first-order chi connectivity index (χ1) is 13.3. The molecule has 1 N–H and O–H groups in total. The van der Waals surface area contributed by atoms with Gasteiger partial charge in [-0.05, 0) is 30.5 Å². The molecular formula is C19H19Cl3N2O3S. The van der Waals surface area contributed by atoms with Gasteiger partial charge in [0, 0.05) is 19.1 Å². The summed E-state index contributed by atoms with van der Waals surface area (Å²) in [4.78, 5) is 12.1. The number of carbonyl (C=O) groups excluding carboxylic acids is 1. The van der Waals surface area contributed by atoms with Gasteiger partial charge in [0.15, 0.2) is 0 Å². The van der Waals surface area contributed by atoms with Crippen molar-refractivity contribution >= 4 is 50.7 Å². The summed E-state index contributed by atoms with van der Waals surface area (Å²) >= 11 is 17.9. The van der Waals surface area contributed by atoms with E-state index in [1.165, 1.54) is 16.4 Å². The second-order valence-electron chi connectivity index (χ2n) is 6.60. The van der Waals surface area contributed by atoms with Crippen LogP contribution in [-0.4, -0.2) is 37.8 Å². The molecule has 3 rings (SSSR count). The molecule has 0 spiro atoms. The minimum atomic E-state index is -3.79. The lowest BCUT2D eigenvalue weighted by Crippen LogP contribution is -2.46. The topological polar surface area (TPSA) is 66.5 Å². The molecule has 150 valence electrons. The van der Waals surface area contributed by atoms with Gasteiger partial charge in [-0.1, -0.05) is 65.1 Å². The summed E-state index contributed by atoms with van der Waals surface area (Å²) in [7, 11) is -3.79. The van der Waals surface area contributed by atoms with E-state index in [1.54, 1.807) is 0 Å². The Morgan fingerprint density at radius 3 is 2.25 bits per heavy atom. The van der Waals surface area contributed by atoms with Gasteiger partial charge in [0.25, 0.3) is 0 Å². The zero-order valence-corrected chi connectivity index (χ0v) is 18.0. The summed E-state index contributed by atoms with van der Waals surface area (Å²) in [6.45, 7) is 0.574. The average Bonchev–Trinajstić information content (AvgIpc) is 2.65. The number of hydrogen-bond donors (Lipinski definition) is 1. The summed E-state index contributed by atoms with van der Waals surface area (Å²) in [5, 5.41) is 3.35. The Hall–Kier alpha value is -1.31. The molecule has 0 aromatic heterocycles. The second-order valence-corrected chi connectivity index (χ2v) is 9.73. The molecule has 0 bridgehead atoms. The van der Waals surface area contributed by atoms with Crippen LogP contribution in [0.3, 0.4) is 0 Å². The number of benzene rings is 2. The number of hydrogen-bond acceptors (Lipinski definition) is 3. The predicted octanol–water partition coefficient (Wildman–Crippen LogP) is 4.16. The Kier molecular flexibility index (Phi) is 6.89. The van der Waals surface area contributed by atoms with Crippen LogP contribution in [0, 0.1) is 0 Å². The van der Waals surface area contributed by atoms with Crippen LogP contribution < -0.4 is 5.32 Å². The van der Waals surface area contributed by atoms with Gasteiger partial charge < -0.3 is 5.32 Å². The third-order valence-corrected chi connectivity index (χ3v) is 7.70. The van der Waals surface area contributed by atoms with Crippen LogP contribution >= 0.6 is 34.8 Å². The third-order valence-electron chi connectivity index (χ3n) is 4.62. The van der Waals surface area contributed by atoms with Crippen LogP contribution in [0.1, 0.15) is 18.4 Å². The van der Waals surface area contributed by atoms with Crippen LogP contribution in [0.25, 0.3) is 0 Å². The summed E-state index contributed by atoms with van der Waals surface area (Å²) in [5.74, 6) is -0.0694. The van der Waals surface area contributed by atoms with Crippen LogP contribution in [-0.2, 0) is 21.2 Å². The SMILES string of the molecule is O=C(Cc1ccccc1)NC1CCN(S(=O)(=O)c2cc(Cl)c(Cl)cc2Cl)CC1. The van der Waals surface area contributed by atoms with Crippen LogP contribution in [0.4, 0.5) is 0 Å².